The first-order chi connectivity index (χ1) is 17.0. The van der Waals surface area contributed by atoms with E-state index in [0.717, 1.165) is 22.3 Å². The Morgan fingerprint density at radius 3 is 2.40 bits per heavy atom. The molecule has 35 heavy (non-hydrogen) atoms. The molecule has 0 radical (unpaired) electrons. The minimum absolute atomic E-state index is 0.0797. The Morgan fingerprint density at radius 1 is 1.11 bits per heavy atom. The second kappa shape index (κ2) is 11.2. The van der Waals surface area contributed by atoms with Gasteiger partial charge < -0.3 is 25.2 Å². The molecule has 3 N–H and O–H groups in total. The summed E-state index contributed by atoms with van der Waals surface area (Å²) in [5.41, 5.74) is 4.48. The summed E-state index contributed by atoms with van der Waals surface area (Å²) in [7, 11) is 0. The minimum atomic E-state index is -1.04. The van der Waals surface area contributed by atoms with Gasteiger partial charge in [-0.25, -0.2) is 9.59 Å². The predicted octanol–water partition coefficient (Wildman–Crippen LogP) is 3.47. The van der Waals surface area contributed by atoms with E-state index in [0.29, 0.717) is 25.9 Å². The van der Waals surface area contributed by atoms with Gasteiger partial charge in [0.15, 0.2) is 6.10 Å². The molecule has 0 bridgehead atoms. The number of nitrogens with one attached hydrogen (secondary N) is 2. The first-order valence-electron chi connectivity index (χ1n) is 11.8. The number of hydrogen-bond donors (Lipinski definition) is 3. The van der Waals surface area contributed by atoms with E-state index >= 15 is 0 Å². The number of aliphatic carboxylic acids is 1. The molecule has 1 aliphatic carbocycles. The number of rotatable bonds is 10. The van der Waals surface area contributed by atoms with Crippen LogP contribution in [-0.2, 0) is 19.1 Å². The monoisotopic (exact) mass is 478 g/mol. The molecule has 1 heterocycles. The fraction of sp³-hybridized carbons (Fsp3) is 0.370. The SMILES string of the molecule is C=CCCC(NC(=O)OCC1c2ccccc2-c2ccccc21)C(=O)NCC1CCOC1C(=O)O. The van der Waals surface area contributed by atoms with Crippen molar-refractivity contribution in [2.24, 2.45) is 5.92 Å². The van der Waals surface area contributed by atoms with E-state index in [1.54, 1.807) is 6.08 Å². The molecule has 3 unspecified atom stereocenters. The second-order valence-electron chi connectivity index (χ2n) is 8.81. The number of amides is 2. The Balaban J connectivity index is 1.35. The summed E-state index contributed by atoms with van der Waals surface area (Å²) in [4.78, 5) is 36.8. The van der Waals surface area contributed by atoms with Crippen molar-refractivity contribution in [3.63, 3.8) is 0 Å². The zero-order valence-corrected chi connectivity index (χ0v) is 19.4. The highest BCUT2D eigenvalue weighted by molar-refractivity contribution is 5.86. The van der Waals surface area contributed by atoms with E-state index in [2.05, 4.69) is 29.3 Å². The molecule has 2 aliphatic rings. The van der Waals surface area contributed by atoms with Crippen LogP contribution >= 0.6 is 0 Å². The first kappa shape index (κ1) is 24.5. The molecule has 0 aromatic heterocycles. The van der Waals surface area contributed by atoms with Gasteiger partial charge in [-0.3, -0.25) is 4.79 Å². The molecule has 2 aromatic rings. The summed E-state index contributed by atoms with van der Waals surface area (Å²) in [6.45, 7) is 4.33. The quantitative estimate of drug-likeness (QED) is 0.451. The molecule has 4 rings (SSSR count). The molecule has 1 fully saturated rings. The molecular formula is C27H30N2O6. The highest BCUT2D eigenvalue weighted by Crippen LogP contribution is 2.44. The molecule has 8 heteroatoms. The third-order valence-corrected chi connectivity index (χ3v) is 6.61. The van der Waals surface area contributed by atoms with Gasteiger partial charge in [-0.1, -0.05) is 54.6 Å². The Labute approximate surface area is 204 Å². The molecule has 0 spiro atoms. The first-order valence-corrected chi connectivity index (χ1v) is 11.8. The summed E-state index contributed by atoms with van der Waals surface area (Å²) >= 11 is 0. The van der Waals surface area contributed by atoms with Crippen LogP contribution in [0.2, 0.25) is 0 Å². The average molecular weight is 479 g/mol. The summed E-state index contributed by atoms with van der Waals surface area (Å²) in [5.74, 6) is -1.83. The van der Waals surface area contributed by atoms with Crippen molar-refractivity contribution in [1.82, 2.24) is 10.6 Å². The molecule has 1 saturated heterocycles. The van der Waals surface area contributed by atoms with Crippen LogP contribution < -0.4 is 10.6 Å². The summed E-state index contributed by atoms with van der Waals surface area (Å²) in [6.07, 6.45) is 1.48. The van der Waals surface area contributed by atoms with E-state index in [1.165, 1.54) is 0 Å². The lowest BCUT2D eigenvalue weighted by molar-refractivity contribution is -0.149. The van der Waals surface area contributed by atoms with Crippen LogP contribution in [0.15, 0.2) is 61.2 Å². The van der Waals surface area contributed by atoms with Gasteiger partial charge in [0.25, 0.3) is 0 Å². The van der Waals surface area contributed by atoms with Gasteiger partial charge in [0.1, 0.15) is 12.6 Å². The number of allylic oxidation sites excluding steroid dienone is 1. The van der Waals surface area contributed by atoms with Crippen molar-refractivity contribution in [2.45, 2.75) is 37.3 Å². The lowest BCUT2D eigenvalue weighted by atomic mass is 9.98. The van der Waals surface area contributed by atoms with Gasteiger partial charge in [-0.05, 0) is 41.5 Å². The standard InChI is InChI=1S/C27H30N2O6/c1-2-3-12-23(25(30)28-15-17-13-14-34-24(17)26(31)32)29-27(33)35-16-22-20-10-6-4-8-18(20)19-9-5-7-11-21(19)22/h2,4-11,17,22-24H,1,3,12-16H2,(H,28,30)(H,29,33)(H,31,32). The molecule has 3 atom stereocenters. The van der Waals surface area contributed by atoms with E-state index in [1.807, 2.05) is 36.4 Å². The number of hydrogen-bond acceptors (Lipinski definition) is 5. The van der Waals surface area contributed by atoms with Crippen molar-refractivity contribution in [3.8, 4) is 11.1 Å². The maximum absolute atomic E-state index is 12.8. The van der Waals surface area contributed by atoms with E-state index in [4.69, 9.17) is 9.47 Å². The maximum atomic E-state index is 12.8. The topological polar surface area (TPSA) is 114 Å². The maximum Gasteiger partial charge on any atom is 0.407 e. The van der Waals surface area contributed by atoms with Crippen molar-refractivity contribution in [3.05, 3.63) is 72.3 Å². The van der Waals surface area contributed by atoms with Crippen LogP contribution in [-0.4, -0.2) is 55.0 Å². The number of alkyl carbamates (subject to hydrolysis) is 1. The minimum Gasteiger partial charge on any atom is -0.479 e. The van der Waals surface area contributed by atoms with Gasteiger partial charge in [0, 0.05) is 25.0 Å². The van der Waals surface area contributed by atoms with Crippen molar-refractivity contribution >= 4 is 18.0 Å². The lowest BCUT2D eigenvalue weighted by Crippen LogP contribution is -2.48. The largest absolute Gasteiger partial charge is 0.479 e. The predicted molar refractivity (Wildman–Crippen MR) is 130 cm³/mol. The number of fused-ring (bicyclic) bond motifs is 3. The molecule has 0 saturated carbocycles. The van der Waals surface area contributed by atoms with E-state index in [9.17, 15) is 19.5 Å². The second-order valence-corrected chi connectivity index (χ2v) is 8.81. The molecule has 184 valence electrons. The molecule has 2 amide bonds. The van der Waals surface area contributed by atoms with Crippen molar-refractivity contribution in [2.75, 3.05) is 19.8 Å². The fourth-order valence-electron chi connectivity index (χ4n) is 4.81. The van der Waals surface area contributed by atoms with Gasteiger partial charge in [-0.15, -0.1) is 6.58 Å². The van der Waals surface area contributed by atoms with Crippen LogP contribution in [0.25, 0.3) is 11.1 Å². The Kier molecular flexibility index (Phi) is 7.82. The van der Waals surface area contributed by atoms with Crippen LogP contribution in [0.1, 0.15) is 36.3 Å². The van der Waals surface area contributed by atoms with Crippen LogP contribution in [0.5, 0.6) is 0 Å². The third-order valence-electron chi connectivity index (χ3n) is 6.61. The van der Waals surface area contributed by atoms with Gasteiger partial charge in [0.05, 0.1) is 0 Å². The molecule has 2 aromatic carbocycles. The van der Waals surface area contributed by atoms with Crippen molar-refractivity contribution in [1.29, 1.82) is 0 Å². The van der Waals surface area contributed by atoms with E-state index in [-0.39, 0.29) is 25.0 Å². The third kappa shape index (κ3) is 5.54. The normalized spacial score (nSPS) is 19.3. The number of carbonyl (C=O) groups is 3. The Hall–Kier alpha value is -3.65. The number of benzene rings is 2. The Bertz CT molecular complexity index is 1060. The van der Waals surface area contributed by atoms with Crippen LogP contribution in [0.4, 0.5) is 4.79 Å². The molecule has 8 nitrogen and oxygen atoms in total. The zero-order valence-electron chi connectivity index (χ0n) is 19.4. The molecular weight excluding hydrogens is 448 g/mol. The number of carboxylic acid groups (broad SMARTS) is 1. The summed E-state index contributed by atoms with van der Waals surface area (Å²) < 4.78 is 10.8. The lowest BCUT2D eigenvalue weighted by Gasteiger charge is -2.21. The van der Waals surface area contributed by atoms with Gasteiger partial charge in [0.2, 0.25) is 5.91 Å². The summed E-state index contributed by atoms with van der Waals surface area (Å²) in [5, 5.41) is 14.7. The van der Waals surface area contributed by atoms with Crippen molar-refractivity contribution < 1.29 is 29.0 Å². The number of ether oxygens (including phenoxy) is 2. The highest BCUT2D eigenvalue weighted by Gasteiger charge is 2.35. The number of carboxylic acids is 1. The fourth-order valence-corrected chi connectivity index (χ4v) is 4.81. The highest BCUT2D eigenvalue weighted by atomic mass is 16.5. The number of carbonyl (C=O) groups excluding carboxylic acids is 2. The van der Waals surface area contributed by atoms with Crippen LogP contribution in [0.3, 0.4) is 0 Å². The average Bonchev–Trinajstić information content (AvgIpc) is 3.47. The zero-order chi connectivity index (χ0) is 24.8. The smallest absolute Gasteiger partial charge is 0.407 e. The Morgan fingerprint density at radius 2 is 1.77 bits per heavy atom. The molecule has 1 aliphatic heterocycles. The van der Waals surface area contributed by atoms with Gasteiger partial charge in [-0.2, -0.15) is 0 Å². The van der Waals surface area contributed by atoms with Gasteiger partial charge >= 0.3 is 12.1 Å². The van der Waals surface area contributed by atoms with Crippen LogP contribution in [0, 0.1) is 5.92 Å². The van der Waals surface area contributed by atoms with E-state index < -0.39 is 30.1 Å². The summed E-state index contributed by atoms with van der Waals surface area (Å²) in [6, 6.07) is 15.3.